The third-order valence-electron chi connectivity index (χ3n) is 4.20. The number of aliphatic imine (C=N–C) groups is 1. The molecule has 5 nitrogen and oxygen atoms in total. The van der Waals surface area contributed by atoms with Crippen molar-refractivity contribution in [3.63, 3.8) is 0 Å². The number of para-hydroxylation sites is 1. The van der Waals surface area contributed by atoms with Gasteiger partial charge in [0.1, 0.15) is 0 Å². The van der Waals surface area contributed by atoms with Gasteiger partial charge in [0.05, 0.1) is 17.1 Å². The van der Waals surface area contributed by atoms with Crippen molar-refractivity contribution < 1.29 is 4.79 Å². The summed E-state index contributed by atoms with van der Waals surface area (Å²) in [5, 5.41) is 0.676. The first kappa shape index (κ1) is 17.3. The van der Waals surface area contributed by atoms with E-state index in [9.17, 15) is 4.79 Å². The van der Waals surface area contributed by atoms with Crippen LogP contribution in [0.15, 0.2) is 83.1 Å². The zero-order valence-electron chi connectivity index (χ0n) is 14.8. The highest BCUT2D eigenvalue weighted by Crippen LogP contribution is 2.35. The molecule has 3 heterocycles. The lowest BCUT2D eigenvalue weighted by Gasteiger charge is -2.15. The fraction of sp³-hybridized carbons (Fsp3) is 0.0952. The molecule has 0 radical (unpaired) electrons. The third kappa shape index (κ3) is 3.85. The Morgan fingerprint density at radius 2 is 1.96 bits per heavy atom. The second-order valence-corrected chi connectivity index (χ2v) is 7.15. The molecule has 0 unspecified atom stereocenters. The summed E-state index contributed by atoms with van der Waals surface area (Å²) in [4.78, 5) is 24.3. The Labute approximate surface area is 162 Å². The number of thioether (sulfide) groups is 1. The smallest absolute Gasteiger partial charge is 0.267 e. The van der Waals surface area contributed by atoms with Gasteiger partial charge in [-0.05, 0) is 53.7 Å². The van der Waals surface area contributed by atoms with Crippen LogP contribution in [0.4, 0.5) is 5.69 Å². The molecule has 1 fully saturated rings. The van der Waals surface area contributed by atoms with Crippen molar-refractivity contribution >= 4 is 34.6 Å². The molecule has 1 aliphatic heterocycles. The molecule has 27 heavy (non-hydrogen) atoms. The standard InChI is InChI=1S/C21H18N4OS/c1-24-12-6-10-18(24)13-19-20(26)25(15-16-7-5-11-22-14-16)21(27-19)23-17-8-3-2-4-9-17/h2-14H,15H2,1H3/b19-13-,23-21?. The maximum Gasteiger partial charge on any atom is 0.267 e. The van der Waals surface area contributed by atoms with Crippen LogP contribution < -0.4 is 0 Å². The van der Waals surface area contributed by atoms with Gasteiger partial charge in [0.25, 0.3) is 5.91 Å². The Kier molecular flexibility index (Phi) is 4.89. The van der Waals surface area contributed by atoms with Gasteiger partial charge in [-0.15, -0.1) is 0 Å². The predicted octanol–water partition coefficient (Wildman–Crippen LogP) is 4.22. The summed E-state index contributed by atoms with van der Waals surface area (Å²) in [5.41, 5.74) is 2.77. The molecule has 1 aliphatic rings. The van der Waals surface area contributed by atoms with E-state index in [1.165, 1.54) is 11.8 Å². The average molecular weight is 374 g/mol. The predicted molar refractivity (Wildman–Crippen MR) is 109 cm³/mol. The number of amidine groups is 1. The van der Waals surface area contributed by atoms with Crippen molar-refractivity contribution in [2.75, 3.05) is 0 Å². The minimum Gasteiger partial charge on any atom is -0.351 e. The number of hydrogen-bond acceptors (Lipinski definition) is 4. The highest BCUT2D eigenvalue weighted by Gasteiger charge is 2.33. The van der Waals surface area contributed by atoms with Gasteiger partial charge in [-0.1, -0.05) is 24.3 Å². The van der Waals surface area contributed by atoms with Crippen LogP contribution in [0, 0.1) is 0 Å². The van der Waals surface area contributed by atoms with Crippen LogP contribution in [0.3, 0.4) is 0 Å². The quantitative estimate of drug-likeness (QED) is 0.642. The van der Waals surface area contributed by atoms with Crippen LogP contribution in [-0.4, -0.2) is 25.5 Å². The van der Waals surface area contributed by atoms with Crippen molar-refractivity contribution in [2.45, 2.75) is 6.54 Å². The van der Waals surface area contributed by atoms with Crippen molar-refractivity contribution in [3.8, 4) is 0 Å². The van der Waals surface area contributed by atoms with Crippen LogP contribution in [-0.2, 0) is 18.4 Å². The minimum absolute atomic E-state index is 0.0419. The molecule has 3 aromatic rings. The highest BCUT2D eigenvalue weighted by atomic mass is 32.2. The Bertz CT molecular complexity index is 1010. The maximum absolute atomic E-state index is 13.1. The van der Waals surface area contributed by atoms with Gasteiger partial charge in [-0.3, -0.25) is 14.7 Å². The number of rotatable bonds is 4. The molecular weight excluding hydrogens is 356 g/mol. The maximum atomic E-state index is 13.1. The first-order chi connectivity index (χ1) is 13.2. The fourth-order valence-electron chi connectivity index (χ4n) is 2.78. The summed E-state index contributed by atoms with van der Waals surface area (Å²) < 4.78 is 1.98. The van der Waals surface area contributed by atoms with E-state index in [0.717, 1.165) is 16.9 Å². The third-order valence-corrected chi connectivity index (χ3v) is 5.20. The van der Waals surface area contributed by atoms with Crippen LogP contribution >= 0.6 is 11.8 Å². The summed E-state index contributed by atoms with van der Waals surface area (Å²) in [6, 6.07) is 17.5. The van der Waals surface area contributed by atoms with E-state index in [1.807, 2.05) is 78.5 Å². The van der Waals surface area contributed by atoms with Gasteiger partial charge in [-0.25, -0.2) is 4.99 Å². The lowest BCUT2D eigenvalue weighted by Crippen LogP contribution is -2.28. The largest absolute Gasteiger partial charge is 0.351 e. The zero-order valence-corrected chi connectivity index (χ0v) is 15.6. The topological polar surface area (TPSA) is 50.5 Å². The van der Waals surface area contributed by atoms with Gasteiger partial charge in [-0.2, -0.15) is 0 Å². The number of carbonyl (C=O) groups is 1. The number of amides is 1. The van der Waals surface area contributed by atoms with E-state index in [2.05, 4.69) is 4.98 Å². The Hall–Kier alpha value is -3.12. The Morgan fingerprint density at radius 1 is 1.11 bits per heavy atom. The number of aromatic nitrogens is 2. The molecule has 1 aromatic carbocycles. The summed E-state index contributed by atoms with van der Waals surface area (Å²) in [5.74, 6) is -0.0419. The van der Waals surface area contributed by atoms with Crippen LogP contribution in [0.5, 0.6) is 0 Å². The van der Waals surface area contributed by atoms with E-state index >= 15 is 0 Å². The SMILES string of the molecule is Cn1cccc1/C=C1\SC(=Nc2ccccc2)N(Cc2cccnc2)C1=O. The van der Waals surface area contributed by atoms with Crippen molar-refractivity contribution in [1.29, 1.82) is 0 Å². The van der Waals surface area contributed by atoms with E-state index in [4.69, 9.17) is 4.99 Å². The van der Waals surface area contributed by atoms with Crippen LogP contribution in [0.1, 0.15) is 11.3 Å². The second kappa shape index (κ2) is 7.63. The van der Waals surface area contributed by atoms with Crippen molar-refractivity contribution in [2.24, 2.45) is 12.0 Å². The summed E-state index contributed by atoms with van der Waals surface area (Å²) in [6.45, 7) is 0.440. The molecule has 0 spiro atoms. The lowest BCUT2D eigenvalue weighted by molar-refractivity contribution is -0.122. The molecular formula is C21H18N4OS. The number of hydrogen-bond donors (Lipinski definition) is 0. The summed E-state index contributed by atoms with van der Waals surface area (Å²) in [7, 11) is 1.96. The number of benzene rings is 1. The van der Waals surface area contributed by atoms with Crippen molar-refractivity contribution in [3.05, 3.63) is 89.4 Å². The number of aryl methyl sites for hydroxylation is 1. The monoisotopic (exact) mass is 374 g/mol. The molecule has 0 bridgehead atoms. The first-order valence-corrected chi connectivity index (χ1v) is 9.38. The van der Waals surface area contributed by atoms with E-state index in [-0.39, 0.29) is 5.91 Å². The van der Waals surface area contributed by atoms with Crippen LogP contribution in [0.25, 0.3) is 6.08 Å². The summed E-state index contributed by atoms with van der Waals surface area (Å²) >= 11 is 1.40. The average Bonchev–Trinajstić information content (AvgIpc) is 3.22. The second-order valence-electron chi connectivity index (χ2n) is 6.14. The molecule has 0 atom stereocenters. The highest BCUT2D eigenvalue weighted by molar-refractivity contribution is 8.18. The lowest BCUT2D eigenvalue weighted by atomic mass is 10.2. The van der Waals surface area contributed by atoms with Gasteiger partial charge < -0.3 is 4.57 Å². The van der Waals surface area contributed by atoms with Gasteiger partial charge >= 0.3 is 0 Å². The number of carbonyl (C=O) groups excluding carboxylic acids is 1. The molecule has 6 heteroatoms. The fourth-order valence-corrected chi connectivity index (χ4v) is 3.76. The molecule has 2 aromatic heterocycles. The molecule has 1 amide bonds. The minimum atomic E-state index is -0.0419. The molecule has 0 saturated carbocycles. The number of nitrogens with zero attached hydrogens (tertiary/aromatic N) is 4. The van der Waals surface area contributed by atoms with Crippen molar-refractivity contribution in [1.82, 2.24) is 14.5 Å². The van der Waals surface area contributed by atoms with E-state index < -0.39 is 0 Å². The molecule has 134 valence electrons. The molecule has 1 saturated heterocycles. The van der Waals surface area contributed by atoms with Gasteiger partial charge in [0.2, 0.25) is 0 Å². The van der Waals surface area contributed by atoms with Gasteiger partial charge in [0.15, 0.2) is 5.17 Å². The van der Waals surface area contributed by atoms with Gasteiger partial charge in [0, 0.05) is 31.3 Å². The Morgan fingerprint density at radius 3 is 2.67 bits per heavy atom. The number of pyridine rings is 1. The molecule has 0 aliphatic carbocycles. The van der Waals surface area contributed by atoms with E-state index in [1.54, 1.807) is 17.3 Å². The summed E-state index contributed by atoms with van der Waals surface area (Å²) in [6.07, 6.45) is 7.38. The first-order valence-electron chi connectivity index (χ1n) is 8.56. The molecule has 4 rings (SSSR count). The zero-order chi connectivity index (χ0) is 18.6. The van der Waals surface area contributed by atoms with Crippen LogP contribution in [0.2, 0.25) is 0 Å². The normalized spacial score (nSPS) is 17.2. The molecule has 0 N–H and O–H groups in total. The Balaban J connectivity index is 1.70. The van der Waals surface area contributed by atoms with E-state index in [0.29, 0.717) is 16.6 Å².